The van der Waals surface area contributed by atoms with Crippen molar-refractivity contribution in [3.8, 4) is 0 Å². The molecule has 2 aliphatic carbocycles. The molecule has 2 fully saturated rings. The molecule has 1 N–H and O–H groups in total. The Bertz CT molecular complexity index is 207. The molecule has 2 heteroatoms. The van der Waals surface area contributed by atoms with Gasteiger partial charge in [-0.2, -0.15) is 11.8 Å². The van der Waals surface area contributed by atoms with Gasteiger partial charge in [0.15, 0.2) is 0 Å². The van der Waals surface area contributed by atoms with Gasteiger partial charge in [-0.15, -0.1) is 0 Å². The van der Waals surface area contributed by atoms with Crippen LogP contribution in [-0.2, 0) is 0 Å². The fourth-order valence-electron chi connectivity index (χ4n) is 3.50. The first kappa shape index (κ1) is 12.8. The average molecular weight is 241 g/mol. The lowest BCUT2D eigenvalue weighted by atomic mass is 9.82. The summed E-state index contributed by atoms with van der Waals surface area (Å²) >= 11 is 2.07. The Morgan fingerprint density at radius 2 is 1.94 bits per heavy atom. The maximum Gasteiger partial charge on any atom is 0.0198 e. The molecule has 0 aromatic carbocycles. The van der Waals surface area contributed by atoms with Crippen molar-refractivity contribution in [3.05, 3.63) is 0 Å². The van der Waals surface area contributed by atoms with E-state index in [1.165, 1.54) is 51.5 Å². The summed E-state index contributed by atoms with van der Waals surface area (Å²) in [5, 5.41) is 4.74. The summed E-state index contributed by atoms with van der Waals surface area (Å²) in [6.45, 7) is 3.71. The minimum Gasteiger partial charge on any atom is -0.313 e. The Labute approximate surface area is 105 Å². The highest BCUT2D eigenvalue weighted by Crippen LogP contribution is 2.31. The second-order valence-corrected chi connectivity index (χ2v) is 6.93. The van der Waals surface area contributed by atoms with Crippen LogP contribution in [0.15, 0.2) is 0 Å². The molecule has 4 unspecified atom stereocenters. The van der Waals surface area contributed by atoms with Gasteiger partial charge in [-0.1, -0.05) is 26.2 Å². The molecule has 94 valence electrons. The molecule has 0 aromatic heterocycles. The molecule has 0 saturated heterocycles. The summed E-state index contributed by atoms with van der Waals surface area (Å²) in [7, 11) is 0. The molecule has 0 spiro atoms. The predicted molar refractivity (Wildman–Crippen MR) is 74.1 cm³/mol. The molecule has 0 heterocycles. The molecule has 2 aliphatic rings. The third-order valence-corrected chi connectivity index (χ3v) is 5.64. The van der Waals surface area contributed by atoms with E-state index in [0.717, 1.165) is 23.1 Å². The molecule has 0 aliphatic heterocycles. The van der Waals surface area contributed by atoms with Gasteiger partial charge in [0, 0.05) is 11.3 Å². The summed E-state index contributed by atoms with van der Waals surface area (Å²) in [5.74, 6) is 1.94. The van der Waals surface area contributed by atoms with Crippen LogP contribution < -0.4 is 5.32 Å². The quantitative estimate of drug-likeness (QED) is 0.805. The van der Waals surface area contributed by atoms with Crippen molar-refractivity contribution in [1.29, 1.82) is 0 Å². The molecule has 0 aromatic rings. The van der Waals surface area contributed by atoms with E-state index in [0.29, 0.717) is 0 Å². The van der Waals surface area contributed by atoms with E-state index >= 15 is 0 Å². The lowest BCUT2D eigenvalue weighted by molar-refractivity contribution is 0.267. The molecule has 2 rings (SSSR count). The average Bonchev–Trinajstić information content (AvgIpc) is 2.74. The smallest absolute Gasteiger partial charge is 0.0198 e. The number of hydrogen-bond donors (Lipinski definition) is 1. The number of thioether (sulfide) groups is 1. The van der Waals surface area contributed by atoms with E-state index in [1.807, 2.05) is 0 Å². The molecular weight excluding hydrogens is 214 g/mol. The number of nitrogens with one attached hydrogen (secondary N) is 1. The lowest BCUT2D eigenvalue weighted by Gasteiger charge is -2.29. The second-order valence-electron chi connectivity index (χ2n) is 5.86. The van der Waals surface area contributed by atoms with Crippen molar-refractivity contribution in [1.82, 2.24) is 5.32 Å². The first-order valence-corrected chi connectivity index (χ1v) is 8.34. The van der Waals surface area contributed by atoms with Crippen molar-refractivity contribution >= 4 is 11.8 Å². The first-order valence-electron chi connectivity index (χ1n) is 7.05. The summed E-state index contributed by atoms with van der Waals surface area (Å²) < 4.78 is 0. The van der Waals surface area contributed by atoms with Crippen LogP contribution >= 0.6 is 11.8 Å². The second kappa shape index (κ2) is 6.30. The maximum absolute atomic E-state index is 3.85. The first-order chi connectivity index (χ1) is 7.79. The van der Waals surface area contributed by atoms with Crippen molar-refractivity contribution in [2.75, 3.05) is 12.8 Å². The standard InChI is InChI=1S/C14H27NS/c1-11-5-3-6-12(9-11)10-15-13-7-4-8-14(13)16-2/h11-15H,3-10H2,1-2H3. The van der Waals surface area contributed by atoms with E-state index in [9.17, 15) is 0 Å². The van der Waals surface area contributed by atoms with E-state index in [1.54, 1.807) is 0 Å². The monoisotopic (exact) mass is 241 g/mol. The van der Waals surface area contributed by atoms with E-state index < -0.39 is 0 Å². The van der Waals surface area contributed by atoms with Crippen LogP contribution in [0, 0.1) is 11.8 Å². The highest BCUT2D eigenvalue weighted by atomic mass is 32.2. The molecule has 2 saturated carbocycles. The van der Waals surface area contributed by atoms with Gasteiger partial charge >= 0.3 is 0 Å². The number of rotatable bonds is 4. The topological polar surface area (TPSA) is 12.0 Å². The Morgan fingerprint density at radius 3 is 2.69 bits per heavy atom. The maximum atomic E-state index is 3.85. The van der Waals surface area contributed by atoms with Crippen LogP contribution in [0.5, 0.6) is 0 Å². The van der Waals surface area contributed by atoms with Gasteiger partial charge in [0.25, 0.3) is 0 Å². The van der Waals surface area contributed by atoms with Crippen LogP contribution in [-0.4, -0.2) is 24.1 Å². The SMILES string of the molecule is CSC1CCCC1NCC1CCCC(C)C1. The third-order valence-electron chi connectivity index (χ3n) is 4.47. The van der Waals surface area contributed by atoms with E-state index in [2.05, 4.69) is 30.3 Å². The molecular formula is C14H27NS. The minimum absolute atomic E-state index is 0.812. The molecule has 1 nitrogen and oxygen atoms in total. The van der Waals surface area contributed by atoms with Crippen LogP contribution in [0.2, 0.25) is 0 Å². The Hall–Kier alpha value is 0.310. The van der Waals surface area contributed by atoms with Crippen molar-refractivity contribution in [3.63, 3.8) is 0 Å². The highest BCUT2D eigenvalue weighted by Gasteiger charge is 2.27. The largest absolute Gasteiger partial charge is 0.313 e. The summed E-state index contributed by atoms with van der Waals surface area (Å²) in [6.07, 6.45) is 12.4. The zero-order valence-corrected chi connectivity index (χ0v) is 11.7. The van der Waals surface area contributed by atoms with Gasteiger partial charge in [-0.3, -0.25) is 0 Å². The van der Waals surface area contributed by atoms with Gasteiger partial charge in [0.2, 0.25) is 0 Å². The predicted octanol–water partition coefficient (Wildman–Crippen LogP) is 3.69. The Morgan fingerprint density at radius 1 is 1.12 bits per heavy atom. The zero-order chi connectivity index (χ0) is 11.4. The van der Waals surface area contributed by atoms with Crippen LogP contribution in [0.4, 0.5) is 0 Å². The van der Waals surface area contributed by atoms with Gasteiger partial charge in [-0.25, -0.2) is 0 Å². The summed E-state index contributed by atoms with van der Waals surface area (Å²) in [5.41, 5.74) is 0. The summed E-state index contributed by atoms with van der Waals surface area (Å²) in [6, 6.07) is 0.812. The Balaban J connectivity index is 1.70. The van der Waals surface area contributed by atoms with E-state index in [4.69, 9.17) is 0 Å². The third kappa shape index (κ3) is 3.40. The van der Waals surface area contributed by atoms with Gasteiger partial charge in [-0.05, 0) is 50.3 Å². The van der Waals surface area contributed by atoms with Crippen molar-refractivity contribution in [2.24, 2.45) is 11.8 Å². The Kier molecular flexibility index (Phi) is 5.02. The molecule has 16 heavy (non-hydrogen) atoms. The summed E-state index contributed by atoms with van der Waals surface area (Å²) in [4.78, 5) is 0. The van der Waals surface area contributed by atoms with Gasteiger partial charge in [0.05, 0.1) is 0 Å². The lowest BCUT2D eigenvalue weighted by Crippen LogP contribution is -2.38. The van der Waals surface area contributed by atoms with Gasteiger partial charge < -0.3 is 5.32 Å². The van der Waals surface area contributed by atoms with E-state index in [-0.39, 0.29) is 0 Å². The molecule has 4 atom stereocenters. The normalized spacial score (nSPS) is 40.1. The fraction of sp³-hybridized carbons (Fsp3) is 1.00. The van der Waals surface area contributed by atoms with Crippen molar-refractivity contribution < 1.29 is 0 Å². The zero-order valence-electron chi connectivity index (χ0n) is 10.9. The van der Waals surface area contributed by atoms with Crippen LogP contribution in [0.1, 0.15) is 51.9 Å². The minimum atomic E-state index is 0.812. The fourth-order valence-corrected chi connectivity index (χ4v) is 4.47. The highest BCUT2D eigenvalue weighted by molar-refractivity contribution is 7.99. The molecule has 0 amide bonds. The molecule has 0 radical (unpaired) electrons. The van der Waals surface area contributed by atoms with Crippen LogP contribution in [0.25, 0.3) is 0 Å². The van der Waals surface area contributed by atoms with Gasteiger partial charge in [0.1, 0.15) is 0 Å². The number of hydrogen-bond acceptors (Lipinski definition) is 2. The van der Waals surface area contributed by atoms with Crippen LogP contribution in [0.3, 0.4) is 0 Å². The van der Waals surface area contributed by atoms with Crippen molar-refractivity contribution in [2.45, 2.75) is 63.2 Å². The molecule has 0 bridgehead atoms.